The number of nitrogens with zero attached hydrogens (tertiary/aromatic N) is 1. The highest BCUT2D eigenvalue weighted by Gasteiger charge is 2.26. The Labute approximate surface area is 119 Å². The van der Waals surface area contributed by atoms with Gasteiger partial charge in [0.05, 0.1) is 0 Å². The third-order valence-corrected chi connectivity index (χ3v) is 2.68. The highest BCUT2D eigenvalue weighted by atomic mass is 32.1. The van der Waals surface area contributed by atoms with E-state index in [-0.39, 0.29) is 10.7 Å². The molecule has 0 aromatic heterocycles. The van der Waals surface area contributed by atoms with E-state index >= 15 is 0 Å². The first-order valence-electron chi connectivity index (χ1n) is 5.63. The van der Waals surface area contributed by atoms with Gasteiger partial charge in [0.25, 0.3) is 5.91 Å². The third kappa shape index (κ3) is 3.45. The topological polar surface area (TPSA) is 50.7 Å². The number of halogens is 2. The molecular formula is C13H10F2N2O2S. The van der Waals surface area contributed by atoms with E-state index < -0.39 is 18.4 Å². The van der Waals surface area contributed by atoms with Crippen molar-refractivity contribution in [1.82, 2.24) is 5.32 Å². The van der Waals surface area contributed by atoms with E-state index in [9.17, 15) is 13.6 Å². The summed E-state index contributed by atoms with van der Waals surface area (Å²) in [6, 6.07) is 7.18. The third-order valence-electron chi connectivity index (χ3n) is 2.49. The van der Waals surface area contributed by atoms with Crippen LogP contribution in [0.4, 0.5) is 8.78 Å². The van der Waals surface area contributed by atoms with Crippen LogP contribution in [0.1, 0.15) is 11.1 Å². The minimum atomic E-state index is -3.08. The molecule has 0 atom stereocenters. The summed E-state index contributed by atoms with van der Waals surface area (Å²) < 4.78 is 28.9. The first-order chi connectivity index (χ1) is 9.45. The number of ether oxygens (including phenoxy) is 1. The predicted molar refractivity (Wildman–Crippen MR) is 74.4 cm³/mol. The molecule has 1 aromatic rings. The number of carbonyl (C=O) groups excluding carboxylic acids is 1. The zero-order chi connectivity index (χ0) is 14.7. The second-order valence-electron chi connectivity index (χ2n) is 4.02. The standard InChI is InChI=1S/C13H10F2N2O2S/c1-7-2-4-8(5-3-7)6-9-10(18)16-13(20)17-11(9)19-12(14)15/h2-6,12H,1H3,(H,16,18,20). The molecule has 0 spiro atoms. The number of nitrogens with one attached hydrogen (secondary N) is 1. The Morgan fingerprint density at radius 1 is 1.35 bits per heavy atom. The largest absolute Gasteiger partial charge is 0.416 e. The molecule has 0 saturated carbocycles. The van der Waals surface area contributed by atoms with E-state index in [0.29, 0.717) is 5.56 Å². The molecule has 0 radical (unpaired) electrons. The highest BCUT2D eigenvalue weighted by Crippen LogP contribution is 2.15. The van der Waals surface area contributed by atoms with E-state index in [1.807, 2.05) is 19.1 Å². The smallest absolute Gasteiger partial charge is 0.388 e. The number of alkyl halides is 2. The average molecular weight is 296 g/mol. The Hall–Kier alpha value is -2.15. The van der Waals surface area contributed by atoms with Gasteiger partial charge in [-0.1, -0.05) is 29.8 Å². The predicted octanol–water partition coefficient (Wildman–Crippen LogP) is 2.43. The zero-order valence-electron chi connectivity index (χ0n) is 10.4. The lowest BCUT2D eigenvalue weighted by molar-refractivity contribution is -0.116. The van der Waals surface area contributed by atoms with Crippen LogP contribution in [0.15, 0.2) is 34.8 Å². The number of rotatable bonds is 2. The van der Waals surface area contributed by atoms with Gasteiger partial charge in [-0.2, -0.15) is 13.8 Å². The van der Waals surface area contributed by atoms with Crippen LogP contribution in [0.2, 0.25) is 0 Å². The summed E-state index contributed by atoms with van der Waals surface area (Å²) in [6.07, 6.45) is 1.41. The van der Waals surface area contributed by atoms with Crippen molar-refractivity contribution in [3.8, 4) is 0 Å². The maximum Gasteiger partial charge on any atom is 0.388 e. The molecule has 0 saturated heterocycles. The highest BCUT2D eigenvalue weighted by molar-refractivity contribution is 7.80. The van der Waals surface area contributed by atoms with Crippen LogP contribution < -0.4 is 5.32 Å². The second-order valence-corrected chi connectivity index (χ2v) is 4.41. The van der Waals surface area contributed by atoms with Crippen molar-refractivity contribution in [1.29, 1.82) is 0 Å². The van der Waals surface area contributed by atoms with Gasteiger partial charge in [0, 0.05) is 0 Å². The van der Waals surface area contributed by atoms with Crippen molar-refractivity contribution < 1.29 is 18.3 Å². The van der Waals surface area contributed by atoms with Crippen LogP contribution in [0, 0.1) is 6.92 Å². The van der Waals surface area contributed by atoms with Gasteiger partial charge < -0.3 is 4.74 Å². The summed E-state index contributed by atoms with van der Waals surface area (Å²) in [5, 5.41) is 2.07. The van der Waals surface area contributed by atoms with Gasteiger partial charge in [0.2, 0.25) is 11.0 Å². The van der Waals surface area contributed by atoms with E-state index in [1.54, 1.807) is 12.1 Å². The van der Waals surface area contributed by atoms with Crippen molar-refractivity contribution in [2.24, 2.45) is 4.99 Å². The summed E-state index contributed by atoms with van der Waals surface area (Å²) in [5.41, 5.74) is 1.61. The SMILES string of the molecule is Cc1ccc(C=C2C(=O)NC(=S)N=C2OC(F)F)cc1. The zero-order valence-corrected chi connectivity index (χ0v) is 11.2. The molecule has 4 nitrogen and oxygen atoms in total. The molecule has 1 heterocycles. The van der Waals surface area contributed by atoms with Gasteiger partial charge in [0.1, 0.15) is 5.57 Å². The summed E-state index contributed by atoms with van der Waals surface area (Å²) in [6.45, 7) is -1.17. The summed E-state index contributed by atoms with van der Waals surface area (Å²) in [5.74, 6) is -1.10. The van der Waals surface area contributed by atoms with Crippen molar-refractivity contribution in [3.63, 3.8) is 0 Å². The van der Waals surface area contributed by atoms with Crippen LogP contribution in [-0.4, -0.2) is 23.5 Å². The molecule has 2 rings (SSSR count). The molecule has 1 N–H and O–H groups in total. The van der Waals surface area contributed by atoms with Crippen molar-refractivity contribution in [2.45, 2.75) is 13.5 Å². The van der Waals surface area contributed by atoms with Gasteiger partial charge in [-0.25, -0.2) is 0 Å². The number of carbonyl (C=O) groups is 1. The minimum Gasteiger partial charge on any atom is -0.416 e. The monoisotopic (exact) mass is 296 g/mol. The molecule has 104 valence electrons. The maximum absolute atomic E-state index is 12.3. The fraction of sp³-hybridized carbons (Fsp3) is 0.154. The average Bonchev–Trinajstić information content (AvgIpc) is 2.35. The van der Waals surface area contributed by atoms with Crippen molar-refractivity contribution in [2.75, 3.05) is 0 Å². The number of aliphatic imine (C=N–C) groups is 1. The second kappa shape index (κ2) is 5.87. The Bertz CT molecular complexity index is 609. The molecule has 1 aliphatic rings. The fourth-order valence-corrected chi connectivity index (χ4v) is 1.75. The van der Waals surface area contributed by atoms with E-state index in [1.165, 1.54) is 6.08 Å². The van der Waals surface area contributed by atoms with Crippen LogP contribution >= 0.6 is 12.2 Å². The van der Waals surface area contributed by atoms with Crippen LogP contribution in [-0.2, 0) is 9.53 Å². The van der Waals surface area contributed by atoms with E-state index in [0.717, 1.165) is 5.56 Å². The first-order valence-corrected chi connectivity index (χ1v) is 6.04. The van der Waals surface area contributed by atoms with Gasteiger partial charge in [-0.15, -0.1) is 0 Å². The minimum absolute atomic E-state index is 0.0947. The Kier molecular flexibility index (Phi) is 4.19. The van der Waals surface area contributed by atoms with Gasteiger partial charge >= 0.3 is 6.61 Å². The van der Waals surface area contributed by atoms with Gasteiger partial charge in [-0.3, -0.25) is 10.1 Å². The van der Waals surface area contributed by atoms with Crippen LogP contribution in [0.3, 0.4) is 0 Å². The van der Waals surface area contributed by atoms with Gasteiger partial charge in [0.15, 0.2) is 0 Å². The van der Waals surface area contributed by atoms with Crippen molar-refractivity contribution in [3.05, 3.63) is 41.0 Å². The number of amides is 1. The number of hydrogen-bond donors (Lipinski definition) is 1. The lowest BCUT2D eigenvalue weighted by Gasteiger charge is -2.16. The summed E-state index contributed by atoms with van der Waals surface area (Å²) >= 11 is 4.68. The number of hydrogen-bond acceptors (Lipinski definition) is 3. The van der Waals surface area contributed by atoms with Crippen LogP contribution in [0.25, 0.3) is 6.08 Å². The quantitative estimate of drug-likeness (QED) is 0.673. The molecule has 0 fully saturated rings. The number of benzene rings is 1. The Morgan fingerprint density at radius 2 is 2.00 bits per heavy atom. The normalized spacial score (nSPS) is 17.2. The number of aryl methyl sites for hydroxylation is 1. The molecular weight excluding hydrogens is 286 g/mol. The van der Waals surface area contributed by atoms with Crippen LogP contribution in [0.5, 0.6) is 0 Å². The molecule has 20 heavy (non-hydrogen) atoms. The summed E-state index contributed by atoms with van der Waals surface area (Å²) in [4.78, 5) is 15.4. The lowest BCUT2D eigenvalue weighted by atomic mass is 10.1. The molecule has 7 heteroatoms. The Morgan fingerprint density at radius 3 is 2.60 bits per heavy atom. The van der Waals surface area contributed by atoms with E-state index in [2.05, 4.69) is 27.3 Å². The first kappa shape index (κ1) is 14.3. The number of thiocarbonyl (C=S) groups is 1. The molecule has 1 aliphatic heterocycles. The van der Waals surface area contributed by atoms with E-state index in [4.69, 9.17) is 0 Å². The molecule has 0 unspecified atom stereocenters. The Balaban J connectivity index is 2.39. The summed E-state index contributed by atoms with van der Waals surface area (Å²) in [7, 11) is 0. The molecule has 0 aliphatic carbocycles. The molecule has 1 amide bonds. The van der Waals surface area contributed by atoms with Gasteiger partial charge in [-0.05, 0) is 30.8 Å². The fourth-order valence-electron chi connectivity index (χ4n) is 1.57. The molecule has 0 bridgehead atoms. The lowest BCUT2D eigenvalue weighted by Crippen LogP contribution is -2.38. The van der Waals surface area contributed by atoms with Crippen molar-refractivity contribution >= 4 is 35.2 Å². The maximum atomic E-state index is 12.3. The molecule has 1 aromatic carbocycles.